The predicted molar refractivity (Wildman–Crippen MR) is 75.6 cm³/mol. The number of hydrogen-bond donors (Lipinski definition) is 2. The number of nitrogens with zero attached hydrogens (tertiary/aromatic N) is 4. The van der Waals surface area contributed by atoms with Crippen LogP contribution in [0.3, 0.4) is 0 Å². The summed E-state index contributed by atoms with van der Waals surface area (Å²) in [5.41, 5.74) is 2.35. The number of anilines is 1. The molecule has 19 heavy (non-hydrogen) atoms. The van der Waals surface area contributed by atoms with Crippen LogP contribution in [0.4, 0.5) is 5.82 Å². The van der Waals surface area contributed by atoms with Crippen LogP contribution in [0.25, 0.3) is 11.2 Å². The number of aromatic nitrogens is 5. The number of rotatable bonds is 3. The molecule has 8 heteroatoms. The lowest BCUT2D eigenvalue weighted by Crippen LogP contribution is -2.03. The van der Waals surface area contributed by atoms with Crippen molar-refractivity contribution in [3.63, 3.8) is 0 Å². The molecule has 0 saturated heterocycles. The molecule has 3 rings (SSSR count). The molecule has 0 spiro atoms. The second kappa shape index (κ2) is 4.75. The van der Waals surface area contributed by atoms with Gasteiger partial charge in [-0.25, -0.2) is 9.97 Å². The molecule has 0 unspecified atom stereocenters. The van der Waals surface area contributed by atoms with Crippen LogP contribution in [0.2, 0.25) is 5.28 Å². The normalized spacial score (nSPS) is 11.1. The average Bonchev–Trinajstić information content (AvgIpc) is 2.92. The van der Waals surface area contributed by atoms with E-state index in [2.05, 4.69) is 30.2 Å². The van der Waals surface area contributed by atoms with E-state index in [0.29, 0.717) is 18.0 Å². The Morgan fingerprint density at radius 3 is 2.89 bits per heavy atom. The smallest absolute Gasteiger partial charge is 0.226 e. The summed E-state index contributed by atoms with van der Waals surface area (Å²) in [5, 5.41) is 4.49. The van der Waals surface area contributed by atoms with Gasteiger partial charge in [0, 0.05) is 4.88 Å². The molecule has 0 aliphatic heterocycles. The lowest BCUT2D eigenvalue weighted by Gasteiger charge is -2.05. The lowest BCUT2D eigenvalue weighted by molar-refractivity contribution is 1.08. The molecule has 0 aliphatic rings. The van der Waals surface area contributed by atoms with Crippen LogP contribution < -0.4 is 5.32 Å². The number of imidazole rings is 1. The van der Waals surface area contributed by atoms with E-state index in [1.807, 2.05) is 13.8 Å². The molecule has 3 heterocycles. The molecule has 98 valence electrons. The summed E-state index contributed by atoms with van der Waals surface area (Å²) < 4.78 is 0. The maximum atomic E-state index is 5.87. The number of nitrogens with one attached hydrogen (secondary N) is 2. The molecule has 0 fully saturated rings. The molecular formula is C11H11ClN6S. The highest BCUT2D eigenvalue weighted by Crippen LogP contribution is 2.22. The van der Waals surface area contributed by atoms with Crippen molar-refractivity contribution in [3.05, 3.63) is 27.2 Å². The van der Waals surface area contributed by atoms with Gasteiger partial charge in [0.05, 0.1) is 23.6 Å². The van der Waals surface area contributed by atoms with E-state index in [0.717, 1.165) is 16.2 Å². The van der Waals surface area contributed by atoms with Gasteiger partial charge in [-0.2, -0.15) is 9.97 Å². The summed E-state index contributed by atoms with van der Waals surface area (Å²) in [6.45, 7) is 4.65. The van der Waals surface area contributed by atoms with Crippen molar-refractivity contribution in [1.29, 1.82) is 0 Å². The molecule has 0 bridgehead atoms. The van der Waals surface area contributed by atoms with Gasteiger partial charge in [0.1, 0.15) is 5.52 Å². The van der Waals surface area contributed by atoms with Gasteiger partial charge in [-0.3, -0.25) is 0 Å². The number of fused-ring (bicyclic) bond motifs is 1. The van der Waals surface area contributed by atoms with Crippen molar-refractivity contribution < 1.29 is 0 Å². The zero-order valence-corrected chi connectivity index (χ0v) is 11.9. The highest BCUT2D eigenvalue weighted by atomic mass is 35.5. The SMILES string of the molecule is Cc1nc(C)c(CNc2nc(Cl)nc3nc[nH]c23)s1. The van der Waals surface area contributed by atoms with E-state index >= 15 is 0 Å². The van der Waals surface area contributed by atoms with E-state index in [4.69, 9.17) is 11.6 Å². The van der Waals surface area contributed by atoms with Gasteiger partial charge >= 0.3 is 0 Å². The third-order valence-corrected chi connectivity index (χ3v) is 3.92. The van der Waals surface area contributed by atoms with E-state index < -0.39 is 0 Å². The van der Waals surface area contributed by atoms with Crippen molar-refractivity contribution in [3.8, 4) is 0 Å². The quantitative estimate of drug-likeness (QED) is 0.726. The Balaban J connectivity index is 1.89. The topological polar surface area (TPSA) is 79.4 Å². The Bertz CT molecular complexity index is 734. The van der Waals surface area contributed by atoms with Crippen molar-refractivity contribution in [2.45, 2.75) is 20.4 Å². The molecule has 0 aliphatic carbocycles. The summed E-state index contributed by atoms with van der Waals surface area (Å²) in [4.78, 5) is 20.9. The summed E-state index contributed by atoms with van der Waals surface area (Å²) >= 11 is 7.54. The fourth-order valence-corrected chi connectivity index (χ4v) is 2.88. The van der Waals surface area contributed by atoms with Gasteiger partial charge in [-0.15, -0.1) is 11.3 Å². The molecular weight excluding hydrogens is 284 g/mol. The summed E-state index contributed by atoms with van der Waals surface area (Å²) in [5.74, 6) is 0.651. The highest BCUT2D eigenvalue weighted by molar-refractivity contribution is 7.11. The number of halogens is 1. The Morgan fingerprint density at radius 1 is 1.32 bits per heavy atom. The number of aromatic amines is 1. The highest BCUT2D eigenvalue weighted by Gasteiger charge is 2.10. The third-order valence-electron chi connectivity index (χ3n) is 2.67. The minimum Gasteiger partial charge on any atom is -0.363 e. The van der Waals surface area contributed by atoms with E-state index in [1.54, 1.807) is 17.7 Å². The van der Waals surface area contributed by atoms with Crippen LogP contribution in [0.15, 0.2) is 6.33 Å². The first kappa shape index (κ1) is 12.3. The van der Waals surface area contributed by atoms with Gasteiger partial charge < -0.3 is 10.3 Å². The van der Waals surface area contributed by atoms with Crippen LogP contribution in [0.1, 0.15) is 15.6 Å². The second-order valence-electron chi connectivity index (χ2n) is 4.04. The number of H-pyrrole nitrogens is 1. The number of hydrogen-bond acceptors (Lipinski definition) is 6. The predicted octanol–water partition coefficient (Wildman–Crippen LogP) is 2.69. The maximum absolute atomic E-state index is 5.87. The van der Waals surface area contributed by atoms with Crippen molar-refractivity contribution in [2.24, 2.45) is 0 Å². The number of thiazole rings is 1. The molecule has 0 aromatic carbocycles. The zero-order chi connectivity index (χ0) is 13.4. The summed E-state index contributed by atoms with van der Waals surface area (Å²) in [6.07, 6.45) is 1.57. The first-order valence-corrected chi connectivity index (χ1v) is 6.86. The molecule has 3 aromatic heterocycles. The monoisotopic (exact) mass is 294 g/mol. The minimum absolute atomic E-state index is 0.180. The Kier molecular flexibility index (Phi) is 3.08. The molecule has 0 radical (unpaired) electrons. The van der Waals surface area contributed by atoms with Gasteiger partial charge in [0.15, 0.2) is 11.5 Å². The van der Waals surface area contributed by atoms with Gasteiger partial charge in [0.2, 0.25) is 5.28 Å². The fraction of sp³-hybridized carbons (Fsp3) is 0.273. The molecule has 2 N–H and O–H groups in total. The van der Waals surface area contributed by atoms with Crippen LogP contribution in [0, 0.1) is 13.8 Å². The Morgan fingerprint density at radius 2 is 2.16 bits per heavy atom. The molecule has 0 atom stereocenters. The Labute approximate surface area is 118 Å². The first-order valence-electron chi connectivity index (χ1n) is 5.67. The first-order chi connectivity index (χ1) is 9.13. The minimum atomic E-state index is 0.180. The number of aryl methyl sites for hydroxylation is 2. The van der Waals surface area contributed by atoms with Gasteiger partial charge in [0.25, 0.3) is 0 Å². The van der Waals surface area contributed by atoms with Crippen molar-refractivity contribution in [2.75, 3.05) is 5.32 Å². The zero-order valence-electron chi connectivity index (χ0n) is 10.4. The Hall–Kier alpha value is -1.73. The lowest BCUT2D eigenvalue weighted by atomic mass is 10.4. The maximum Gasteiger partial charge on any atom is 0.226 e. The molecule has 0 amide bonds. The van der Waals surface area contributed by atoms with E-state index in [-0.39, 0.29) is 5.28 Å². The largest absolute Gasteiger partial charge is 0.363 e. The fourth-order valence-electron chi connectivity index (χ4n) is 1.84. The van der Waals surface area contributed by atoms with Crippen molar-refractivity contribution in [1.82, 2.24) is 24.9 Å². The van der Waals surface area contributed by atoms with Crippen molar-refractivity contribution >= 4 is 39.9 Å². The molecule has 3 aromatic rings. The standard InChI is InChI=1S/C11H11ClN6S/c1-5-7(19-6(2)16-5)3-13-9-8-10(15-4-14-8)18-11(12)17-9/h4H,3H2,1-2H3,(H2,13,14,15,17,18). The van der Waals surface area contributed by atoms with Crippen LogP contribution in [0.5, 0.6) is 0 Å². The third kappa shape index (κ3) is 2.39. The van der Waals surface area contributed by atoms with Gasteiger partial charge in [-0.05, 0) is 25.4 Å². The van der Waals surface area contributed by atoms with Crippen LogP contribution >= 0.6 is 22.9 Å². The van der Waals surface area contributed by atoms with Crippen LogP contribution in [-0.4, -0.2) is 24.9 Å². The van der Waals surface area contributed by atoms with E-state index in [1.165, 1.54) is 4.88 Å². The van der Waals surface area contributed by atoms with E-state index in [9.17, 15) is 0 Å². The van der Waals surface area contributed by atoms with Gasteiger partial charge in [-0.1, -0.05) is 0 Å². The molecule has 6 nitrogen and oxygen atoms in total. The summed E-state index contributed by atoms with van der Waals surface area (Å²) in [6, 6.07) is 0. The average molecular weight is 295 g/mol. The summed E-state index contributed by atoms with van der Waals surface area (Å²) in [7, 11) is 0. The second-order valence-corrected chi connectivity index (χ2v) is 5.66. The van der Waals surface area contributed by atoms with Crippen LogP contribution in [-0.2, 0) is 6.54 Å². The molecule has 0 saturated carbocycles.